The molecule has 0 aliphatic rings. The molecule has 0 aliphatic carbocycles. The highest BCUT2D eigenvalue weighted by molar-refractivity contribution is 5.82. The van der Waals surface area contributed by atoms with Gasteiger partial charge >= 0.3 is 12.1 Å². The number of amides is 1. The van der Waals surface area contributed by atoms with E-state index in [1.54, 1.807) is 32.9 Å². The molecule has 0 aliphatic heterocycles. The van der Waals surface area contributed by atoms with E-state index < -0.39 is 23.7 Å². The van der Waals surface area contributed by atoms with Gasteiger partial charge in [0.15, 0.2) is 6.04 Å². The maximum Gasteiger partial charge on any atom is 0.408 e. The van der Waals surface area contributed by atoms with E-state index in [-0.39, 0.29) is 11.3 Å². The Labute approximate surface area is 111 Å². The molecule has 104 valence electrons. The Morgan fingerprint density at radius 3 is 2.32 bits per heavy atom. The summed E-state index contributed by atoms with van der Waals surface area (Å²) in [4.78, 5) is 22.8. The lowest BCUT2D eigenvalue weighted by molar-refractivity contribution is -0.139. The fraction of sp³-hybridized carbons (Fsp3) is 0.385. The lowest BCUT2D eigenvalue weighted by Gasteiger charge is -2.22. The standard InChI is InChI=1S/C13H17NO5/c1-13(2,3)19-12(18)14-10(11(16)17)8-6-4-5-7-9(8)15/h4-7,10,15H,1-3H3,(H,14,18)(H,16,17). The molecule has 3 N–H and O–H groups in total. The fourth-order valence-electron chi connectivity index (χ4n) is 1.43. The first-order valence-electron chi connectivity index (χ1n) is 5.71. The number of hydrogen-bond acceptors (Lipinski definition) is 4. The minimum absolute atomic E-state index is 0.0980. The molecule has 0 bridgehead atoms. The van der Waals surface area contributed by atoms with Crippen molar-refractivity contribution in [1.29, 1.82) is 0 Å². The monoisotopic (exact) mass is 267 g/mol. The molecule has 0 saturated carbocycles. The fourth-order valence-corrected chi connectivity index (χ4v) is 1.43. The van der Waals surface area contributed by atoms with Gasteiger partial charge in [-0.2, -0.15) is 0 Å². The molecule has 1 aromatic carbocycles. The van der Waals surface area contributed by atoms with Crippen molar-refractivity contribution < 1.29 is 24.5 Å². The molecule has 1 atom stereocenters. The number of ether oxygens (including phenoxy) is 1. The summed E-state index contributed by atoms with van der Waals surface area (Å²) in [5, 5.41) is 20.9. The summed E-state index contributed by atoms with van der Waals surface area (Å²) < 4.78 is 4.98. The molecule has 1 aromatic rings. The summed E-state index contributed by atoms with van der Waals surface area (Å²) in [5.74, 6) is -1.49. The molecule has 0 fully saturated rings. The first-order valence-corrected chi connectivity index (χ1v) is 5.71. The van der Waals surface area contributed by atoms with E-state index in [9.17, 15) is 14.7 Å². The van der Waals surface area contributed by atoms with Crippen molar-refractivity contribution in [3.05, 3.63) is 29.8 Å². The van der Waals surface area contributed by atoms with Crippen LogP contribution in [0.3, 0.4) is 0 Å². The van der Waals surface area contributed by atoms with Gasteiger partial charge in [-0.05, 0) is 26.8 Å². The number of para-hydroxylation sites is 1. The molecular formula is C13H17NO5. The van der Waals surface area contributed by atoms with Crippen LogP contribution in [0.25, 0.3) is 0 Å². The van der Waals surface area contributed by atoms with Crippen molar-refractivity contribution >= 4 is 12.1 Å². The van der Waals surface area contributed by atoms with Crippen LogP contribution in [0.5, 0.6) is 5.75 Å². The number of nitrogens with one attached hydrogen (secondary N) is 1. The van der Waals surface area contributed by atoms with Crippen molar-refractivity contribution in [2.45, 2.75) is 32.4 Å². The summed E-state index contributed by atoms with van der Waals surface area (Å²) in [6.45, 7) is 5.01. The highest BCUT2D eigenvalue weighted by Crippen LogP contribution is 2.24. The van der Waals surface area contributed by atoms with Gasteiger partial charge in [0.05, 0.1) is 0 Å². The third-order valence-corrected chi connectivity index (χ3v) is 2.16. The maximum absolute atomic E-state index is 11.6. The third-order valence-electron chi connectivity index (χ3n) is 2.16. The zero-order chi connectivity index (χ0) is 14.6. The number of phenolic OH excluding ortho intramolecular Hbond substituents is 1. The van der Waals surface area contributed by atoms with Gasteiger partial charge in [0, 0.05) is 5.56 Å². The number of carboxylic acid groups (broad SMARTS) is 1. The summed E-state index contributed by atoms with van der Waals surface area (Å²) >= 11 is 0. The van der Waals surface area contributed by atoms with Crippen LogP contribution < -0.4 is 5.32 Å². The molecule has 0 spiro atoms. The van der Waals surface area contributed by atoms with E-state index in [2.05, 4.69) is 5.32 Å². The molecule has 1 unspecified atom stereocenters. The van der Waals surface area contributed by atoms with Crippen LogP contribution in [-0.2, 0) is 9.53 Å². The Morgan fingerprint density at radius 1 is 1.26 bits per heavy atom. The predicted octanol–water partition coefficient (Wildman–Crippen LogP) is 2.04. The molecule has 1 rings (SSSR count). The van der Waals surface area contributed by atoms with Crippen molar-refractivity contribution in [2.24, 2.45) is 0 Å². The highest BCUT2D eigenvalue weighted by Gasteiger charge is 2.27. The normalized spacial score (nSPS) is 12.6. The number of carboxylic acids is 1. The van der Waals surface area contributed by atoms with Gasteiger partial charge in [-0.25, -0.2) is 9.59 Å². The molecule has 0 heterocycles. The number of aromatic hydroxyl groups is 1. The third kappa shape index (κ3) is 4.50. The summed E-state index contributed by atoms with van der Waals surface area (Å²) in [6.07, 6.45) is -0.858. The van der Waals surface area contributed by atoms with Crippen molar-refractivity contribution in [3.63, 3.8) is 0 Å². The topological polar surface area (TPSA) is 95.9 Å². The van der Waals surface area contributed by atoms with Crippen LogP contribution in [0, 0.1) is 0 Å². The number of carbonyl (C=O) groups excluding carboxylic acids is 1. The van der Waals surface area contributed by atoms with Gasteiger partial charge in [0.1, 0.15) is 11.4 Å². The number of aliphatic carboxylic acids is 1. The maximum atomic E-state index is 11.6. The lowest BCUT2D eigenvalue weighted by Crippen LogP contribution is -2.38. The van der Waals surface area contributed by atoms with Crippen molar-refractivity contribution in [3.8, 4) is 5.75 Å². The Kier molecular flexibility index (Phi) is 4.37. The Bertz CT molecular complexity index is 478. The summed E-state index contributed by atoms with van der Waals surface area (Å²) in [7, 11) is 0. The van der Waals surface area contributed by atoms with Crippen LogP contribution in [0.2, 0.25) is 0 Å². The summed E-state index contributed by atoms with van der Waals surface area (Å²) in [6, 6.07) is 4.54. The van der Waals surface area contributed by atoms with E-state index in [4.69, 9.17) is 9.84 Å². The van der Waals surface area contributed by atoms with Crippen LogP contribution in [0.1, 0.15) is 32.4 Å². The van der Waals surface area contributed by atoms with E-state index in [0.29, 0.717) is 0 Å². The Balaban J connectivity index is 2.89. The van der Waals surface area contributed by atoms with E-state index >= 15 is 0 Å². The minimum atomic E-state index is -1.36. The first-order chi connectivity index (χ1) is 8.70. The quantitative estimate of drug-likeness (QED) is 0.778. The molecule has 0 radical (unpaired) electrons. The molecular weight excluding hydrogens is 250 g/mol. The van der Waals surface area contributed by atoms with Crippen molar-refractivity contribution in [2.75, 3.05) is 0 Å². The second kappa shape index (κ2) is 5.60. The Morgan fingerprint density at radius 2 is 1.84 bits per heavy atom. The number of benzene rings is 1. The minimum Gasteiger partial charge on any atom is -0.508 e. The average molecular weight is 267 g/mol. The predicted molar refractivity (Wildman–Crippen MR) is 67.9 cm³/mol. The van der Waals surface area contributed by atoms with Gasteiger partial charge in [0.2, 0.25) is 0 Å². The van der Waals surface area contributed by atoms with Crippen LogP contribution in [0.4, 0.5) is 4.79 Å². The molecule has 0 aromatic heterocycles. The number of rotatable bonds is 3. The number of hydrogen-bond donors (Lipinski definition) is 3. The van der Waals surface area contributed by atoms with Gasteiger partial charge in [0.25, 0.3) is 0 Å². The second-order valence-corrected chi connectivity index (χ2v) is 4.98. The molecule has 6 heteroatoms. The number of carbonyl (C=O) groups is 2. The first kappa shape index (κ1) is 14.8. The largest absolute Gasteiger partial charge is 0.508 e. The summed E-state index contributed by atoms with van der Waals surface area (Å²) in [5.41, 5.74) is -0.632. The smallest absolute Gasteiger partial charge is 0.408 e. The number of phenols is 1. The zero-order valence-electron chi connectivity index (χ0n) is 11.0. The van der Waals surface area contributed by atoms with E-state index in [0.717, 1.165) is 0 Å². The zero-order valence-corrected chi connectivity index (χ0v) is 11.0. The van der Waals surface area contributed by atoms with Crippen LogP contribution >= 0.6 is 0 Å². The van der Waals surface area contributed by atoms with Crippen molar-refractivity contribution in [1.82, 2.24) is 5.32 Å². The molecule has 6 nitrogen and oxygen atoms in total. The van der Waals surface area contributed by atoms with Gasteiger partial charge < -0.3 is 20.3 Å². The second-order valence-electron chi connectivity index (χ2n) is 4.98. The van der Waals surface area contributed by atoms with Gasteiger partial charge in [-0.1, -0.05) is 18.2 Å². The Hall–Kier alpha value is -2.24. The lowest BCUT2D eigenvalue weighted by atomic mass is 10.1. The highest BCUT2D eigenvalue weighted by atomic mass is 16.6. The SMILES string of the molecule is CC(C)(C)OC(=O)NC(C(=O)O)c1ccccc1O. The van der Waals surface area contributed by atoms with Gasteiger partial charge in [-0.3, -0.25) is 0 Å². The number of alkyl carbamates (subject to hydrolysis) is 1. The average Bonchev–Trinajstić information content (AvgIpc) is 2.24. The molecule has 1 amide bonds. The van der Waals surface area contributed by atoms with Crippen LogP contribution in [0.15, 0.2) is 24.3 Å². The van der Waals surface area contributed by atoms with E-state index in [1.807, 2.05) is 0 Å². The van der Waals surface area contributed by atoms with Gasteiger partial charge in [-0.15, -0.1) is 0 Å². The molecule has 19 heavy (non-hydrogen) atoms. The van der Waals surface area contributed by atoms with E-state index in [1.165, 1.54) is 12.1 Å². The van der Waals surface area contributed by atoms with Crippen LogP contribution in [-0.4, -0.2) is 27.9 Å². The molecule has 0 saturated heterocycles.